The van der Waals surface area contributed by atoms with Gasteiger partial charge in [-0.15, -0.1) is 5.10 Å². The Morgan fingerprint density at radius 3 is 2.95 bits per heavy atom. The summed E-state index contributed by atoms with van der Waals surface area (Å²) in [4.78, 5) is 11.0. The van der Waals surface area contributed by atoms with Gasteiger partial charge in [-0.3, -0.25) is 4.79 Å². The summed E-state index contributed by atoms with van der Waals surface area (Å²) in [5.41, 5.74) is 2.12. The predicted octanol–water partition coefficient (Wildman–Crippen LogP) is 2.43. The molecular weight excluding hydrogens is 242 g/mol. The molecule has 0 aliphatic rings. The van der Waals surface area contributed by atoms with E-state index in [2.05, 4.69) is 17.2 Å². The van der Waals surface area contributed by atoms with E-state index >= 15 is 0 Å². The molecule has 0 radical (unpaired) electrons. The van der Waals surface area contributed by atoms with Crippen molar-refractivity contribution in [3.8, 4) is 11.4 Å². The number of carbonyl (C=O) groups excluding carboxylic acids is 1. The minimum Gasteiger partial charge on any atom is -0.497 e. The van der Waals surface area contributed by atoms with Crippen molar-refractivity contribution in [1.82, 2.24) is 15.0 Å². The predicted molar refractivity (Wildman–Crippen MR) is 71.9 cm³/mol. The van der Waals surface area contributed by atoms with Gasteiger partial charge in [-0.25, -0.2) is 4.68 Å². The van der Waals surface area contributed by atoms with Gasteiger partial charge >= 0.3 is 0 Å². The van der Waals surface area contributed by atoms with E-state index in [1.54, 1.807) is 11.8 Å². The van der Waals surface area contributed by atoms with Crippen LogP contribution >= 0.6 is 0 Å². The van der Waals surface area contributed by atoms with E-state index in [1.165, 1.54) is 0 Å². The molecule has 0 atom stereocenters. The zero-order chi connectivity index (χ0) is 13.7. The Labute approximate surface area is 112 Å². The molecule has 0 unspecified atom stereocenters. The smallest absolute Gasteiger partial charge is 0.172 e. The highest BCUT2D eigenvalue weighted by molar-refractivity contribution is 5.73. The van der Waals surface area contributed by atoms with Crippen molar-refractivity contribution in [2.24, 2.45) is 0 Å². The third kappa shape index (κ3) is 2.81. The maximum atomic E-state index is 11.0. The molecule has 0 spiro atoms. The van der Waals surface area contributed by atoms with E-state index < -0.39 is 0 Å². The Morgan fingerprint density at radius 2 is 2.26 bits per heavy atom. The molecule has 1 aromatic carbocycles. The molecule has 0 bridgehead atoms. The van der Waals surface area contributed by atoms with Gasteiger partial charge in [0, 0.05) is 6.07 Å². The van der Waals surface area contributed by atoms with Crippen molar-refractivity contribution in [2.45, 2.75) is 26.2 Å². The summed E-state index contributed by atoms with van der Waals surface area (Å²) in [7, 11) is 1.62. The number of methoxy groups -OCH3 is 1. The number of nitrogens with zero attached hydrogens (tertiary/aromatic N) is 3. The number of rotatable bonds is 6. The van der Waals surface area contributed by atoms with Gasteiger partial charge in [-0.2, -0.15) is 0 Å². The lowest BCUT2D eigenvalue weighted by atomic mass is 10.1. The van der Waals surface area contributed by atoms with Gasteiger partial charge in [0.05, 0.1) is 18.5 Å². The Bertz CT molecular complexity index is 564. The van der Waals surface area contributed by atoms with Crippen LogP contribution in [0.4, 0.5) is 0 Å². The maximum absolute atomic E-state index is 11.0. The first-order valence-corrected chi connectivity index (χ1v) is 6.34. The first kappa shape index (κ1) is 13.3. The van der Waals surface area contributed by atoms with Crippen molar-refractivity contribution in [1.29, 1.82) is 0 Å². The van der Waals surface area contributed by atoms with Gasteiger partial charge in [0.2, 0.25) is 0 Å². The summed E-state index contributed by atoms with van der Waals surface area (Å²) < 4.78 is 6.91. The summed E-state index contributed by atoms with van der Waals surface area (Å²) in [6.07, 6.45) is 3.60. The number of aromatic nitrogens is 3. The van der Waals surface area contributed by atoms with Crippen molar-refractivity contribution < 1.29 is 9.53 Å². The summed E-state index contributed by atoms with van der Waals surface area (Å²) >= 11 is 0. The number of ether oxygens (including phenoxy) is 1. The van der Waals surface area contributed by atoms with Crippen LogP contribution in [0.15, 0.2) is 24.3 Å². The Balaban J connectivity index is 2.42. The second-order valence-corrected chi connectivity index (χ2v) is 4.26. The van der Waals surface area contributed by atoms with Gasteiger partial charge in [-0.05, 0) is 25.0 Å². The summed E-state index contributed by atoms with van der Waals surface area (Å²) in [6.45, 7) is 2.11. The van der Waals surface area contributed by atoms with Crippen molar-refractivity contribution >= 4 is 6.29 Å². The lowest BCUT2D eigenvalue weighted by Crippen LogP contribution is -2.04. The van der Waals surface area contributed by atoms with Gasteiger partial charge < -0.3 is 4.74 Å². The molecule has 2 aromatic rings. The largest absolute Gasteiger partial charge is 0.497 e. The molecule has 0 aliphatic heterocycles. The van der Waals surface area contributed by atoms with Crippen molar-refractivity contribution in [2.75, 3.05) is 7.11 Å². The zero-order valence-electron chi connectivity index (χ0n) is 11.2. The number of benzene rings is 1. The van der Waals surface area contributed by atoms with Crippen LogP contribution in [0.1, 0.15) is 35.9 Å². The molecule has 0 saturated carbocycles. The number of carbonyl (C=O) groups is 1. The topological polar surface area (TPSA) is 57.0 Å². The molecule has 0 saturated heterocycles. The highest BCUT2D eigenvalue weighted by Crippen LogP contribution is 2.19. The SMILES string of the molecule is CCCCc1c(C=O)nnn1-c1cccc(OC)c1. The normalized spacial score (nSPS) is 10.4. The molecule has 100 valence electrons. The fourth-order valence-electron chi connectivity index (χ4n) is 1.93. The van der Waals surface area contributed by atoms with Crippen LogP contribution in [0.5, 0.6) is 5.75 Å². The van der Waals surface area contributed by atoms with Gasteiger partial charge in [-0.1, -0.05) is 24.6 Å². The molecule has 0 fully saturated rings. The molecule has 5 nitrogen and oxygen atoms in total. The van der Waals surface area contributed by atoms with Crippen LogP contribution in [-0.2, 0) is 6.42 Å². The second-order valence-electron chi connectivity index (χ2n) is 4.26. The van der Waals surface area contributed by atoms with E-state index in [0.29, 0.717) is 5.69 Å². The summed E-state index contributed by atoms with van der Waals surface area (Å²) in [6, 6.07) is 7.55. The number of hydrogen-bond acceptors (Lipinski definition) is 4. The molecule has 0 amide bonds. The number of aldehydes is 1. The fourth-order valence-corrected chi connectivity index (χ4v) is 1.93. The van der Waals surface area contributed by atoms with E-state index in [1.807, 2.05) is 24.3 Å². The first-order valence-electron chi connectivity index (χ1n) is 6.34. The highest BCUT2D eigenvalue weighted by Gasteiger charge is 2.13. The Hall–Kier alpha value is -2.17. The fraction of sp³-hybridized carbons (Fsp3) is 0.357. The Morgan fingerprint density at radius 1 is 1.42 bits per heavy atom. The standard InChI is InChI=1S/C14H17N3O2/c1-3-4-8-14-13(10-18)15-16-17(14)11-6-5-7-12(9-11)19-2/h5-7,9-10H,3-4,8H2,1-2H3. The molecule has 1 heterocycles. The maximum Gasteiger partial charge on any atom is 0.172 e. The average Bonchev–Trinajstić information content (AvgIpc) is 2.88. The molecule has 0 N–H and O–H groups in total. The van der Waals surface area contributed by atoms with E-state index in [-0.39, 0.29) is 0 Å². The van der Waals surface area contributed by atoms with Crippen LogP contribution < -0.4 is 4.74 Å². The monoisotopic (exact) mass is 259 g/mol. The van der Waals surface area contributed by atoms with Gasteiger partial charge in [0.15, 0.2) is 6.29 Å². The van der Waals surface area contributed by atoms with Crippen LogP contribution in [0.25, 0.3) is 5.69 Å². The molecule has 0 aliphatic carbocycles. The average molecular weight is 259 g/mol. The minimum atomic E-state index is 0.413. The third-order valence-electron chi connectivity index (χ3n) is 2.97. The summed E-state index contributed by atoms with van der Waals surface area (Å²) in [5, 5.41) is 7.99. The molecule has 1 aromatic heterocycles. The lowest BCUT2D eigenvalue weighted by molar-refractivity contribution is 0.111. The van der Waals surface area contributed by atoms with Gasteiger partial charge in [0.25, 0.3) is 0 Å². The number of unbranched alkanes of at least 4 members (excludes halogenated alkanes) is 1. The summed E-state index contributed by atoms with van der Waals surface area (Å²) in [5.74, 6) is 0.752. The highest BCUT2D eigenvalue weighted by atomic mass is 16.5. The van der Waals surface area contributed by atoms with Crippen LogP contribution in [-0.4, -0.2) is 28.4 Å². The van der Waals surface area contributed by atoms with E-state index in [4.69, 9.17) is 4.74 Å². The molecule has 2 rings (SSSR count). The van der Waals surface area contributed by atoms with E-state index in [9.17, 15) is 4.79 Å². The van der Waals surface area contributed by atoms with E-state index in [0.717, 1.165) is 42.7 Å². The third-order valence-corrected chi connectivity index (χ3v) is 2.97. The molecule has 5 heteroatoms. The van der Waals surface area contributed by atoms with Crippen molar-refractivity contribution in [3.63, 3.8) is 0 Å². The second kappa shape index (κ2) is 6.13. The lowest BCUT2D eigenvalue weighted by Gasteiger charge is -2.07. The van der Waals surface area contributed by atoms with Crippen LogP contribution in [0, 0.1) is 0 Å². The number of hydrogen-bond donors (Lipinski definition) is 0. The minimum absolute atomic E-state index is 0.413. The molecule has 19 heavy (non-hydrogen) atoms. The van der Waals surface area contributed by atoms with Crippen LogP contribution in [0.2, 0.25) is 0 Å². The van der Waals surface area contributed by atoms with Crippen molar-refractivity contribution in [3.05, 3.63) is 35.7 Å². The zero-order valence-corrected chi connectivity index (χ0v) is 11.2. The quantitative estimate of drug-likeness (QED) is 0.748. The van der Waals surface area contributed by atoms with Crippen LogP contribution in [0.3, 0.4) is 0 Å². The Kier molecular flexibility index (Phi) is 4.28. The molecular formula is C14H17N3O2. The van der Waals surface area contributed by atoms with Gasteiger partial charge in [0.1, 0.15) is 11.4 Å². The first-order chi connectivity index (χ1) is 9.30.